The molecule has 0 saturated carbocycles. The molecule has 0 saturated heterocycles. The Labute approximate surface area is 113 Å². The summed E-state index contributed by atoms with van der Waals surface area (Å²) in [4.78, 5) is 4.35. The molecule has 0 amide bonds. The van der Waals surface area contributed by atoms with Crippen molar-refractivity contribution in [3.05, 3.63) is 16.1 Å². The molecule has 0 aliphatic carbocycles. The highest BCUT2D eigenvalue weighted by molar-refractivity contribution is 6.37. The molecule has 1 unspecified atom stereocenters. The quantitative estimate of drug-likeness (QED) is 0.843. The van der Waals surface area contributed by atoms with Crippen LogP contribution in [0.25, 0.3) is 0 Å². The molecule has 1 rings (SSSR count). The van der Waals surface area contributed by atoms with Crippen LogP contribution in [0.1, 0.15) is 27.2 Å². The van der Waals surface area contributed by atoms with Crippen molar-refractivity contribution in [1.29, 1.82) is 0 Å². The second-order valence-electron chi connectivity index (χ2n) is 4.57. The highest BCUT2D eigenvalue weighted by Crippen LogP contribution is 2.29. The van der Waals surface area contributed by atoms with Crippen molar-refractivity contribution >= 4 is 34.8 Å². The second-order valence-corrected chi connectivity index (χ2v) is 5.39. The minimum absolute atomic E-state index is 0.325. The van der Waals surface area contributed by atoms with Gasteiger partial charge in [0.2, 0.25) is 0 Å². The molecule has 0 bridgehead atoms. The van der Waals surface area contributed by atoms with Gasteiger partial charge in [-0.15, -0.1) is 0 Å². The van der Waals surface area contributed by atoms with E-state index in [0.717, 1.165) is 6.42 Å². The fraction of sp³-hybridized carbons (Fsp3) is 0.583. The minimum atomic E-state index is 0.325. The van der Waals surface area contributed by atoms with Gasteiger partial charge >= 0.3 is 0 Å². The molecule has 1 atom stereocenters. The summed E-state index contributed by atoms with van der Waals surface area (Å²) in [5, 5.41) is 7.31. The Morgan fingerprint density at radius 2 is 1.76 bits per heavy atom. The predicted octanol–water partition coefficient (Wildman–Crippen LogP) is 4.28. The first kappa shape index (κ1) is 14.4. The average molecular weight is 276 g/mol. The minimum Gasteiger partial charge on any atom is -0.372 e. The Bertz CT molecular complexity index is 380. The summed E-state index contributed by atoms with van der Waals surface area (Å²) in [5.74, 6) is 1.94. The van der Waals surface area contributed by atoms with Gasteiger partial charge in [0, 0.05) is 13.1 Å². The second kappa shape index (κ2) is 6.31. The smallest absolute Gasteiger partial charge is 0.147 e. The first-order chi connectivity index (χ1) is 7.93. The van der Waals surface area contributed by atoms with E-state index in [1.54, 1.807) is 13.1 Å². The lowest BCUT2D eigenvalue weighted by atomic mass is 10.1. The lowest BCUT2D eigenvalue weighted by Gasteiger charge is -2.18. The van der Waals surface area contributed by atoms with Crippen LogP contribution < -0.4 is 10.6 Å². The summed E-state index contributed by atoms with van der Waals surface area (Å²) in [7, 11) is 1.78. The van der Waals surface area contributed by atoms with Gasteiger partial charge in [0.15, 0.2) is 0 Å². The highest BCUT2D eigenvalue weighted by atomic mass is 35.5. The fourth-order valence-corrected chi connectivity index (χ4v) is 2.25. The van der Waals surface area contributed by atoms with E-state index in [9.17, 15) is 0 Å². The molecule has 0 fully saturated rings. The lowest BCUT2D eigenvalue weighted by Crippen LogP contribution is -2.18. The predicted molar refractivity (Wildman–Crippen MR) is 76.3 cm³/mol. The van der Waals surface area contributed by atoms with E-state index >= 15 is 0 Å². The van der Waals surface area contributed by atoms with Crippen molar-refractivity contribution in [3.63, 3.8) is 0 Å². The highest BCUT2D eigenvalue weighted by Gasteiger charge is 2.11. The first-order valence-corrected chi connectivity index (χ1v) is 6.50. The topological polar surface area (TPSA) is 37.0 Å². The molecule has 1 heterocycles. The zero-order chi connectivity index (χ0) is 13.0. The summed E-state index contributed by atoms with van der Waals surface area (Å²) < 4.78 is 0. The van der Waals surface area contributed by atoms with Crippen molar-refractivity contribution in [2.45, 2.75) is 33.2 Å². The van der Waals surface area contributed by atoms with Gasteiger partial charge < -0.3 is 10.6 Å². The molecule has 0 spiro atoms. The summed E-state index contributed by atoms with van der Waals surface area (Å²) >= 11 is 12.1. The van der Waals surface area contributed by atoms with Crippen LogP contribution in [-0.4, -0.2) is 18.1 Å². The Hall–Kier alpha value is -0.670. The van der Waals surface area contributed by atoms with E-state index < -0.39 is 0 Å². The number of nitrogens with zero attached hydrogens (tertiary/aromatic N) is 1. The third kappa shape index (κ3) is 4.25. The number of aromatic nitrogens is 1. The molecule has 5 heteroatoms. The third-order valence-electron chi connectivity index (χ3n) is 2.37. The summed E-state index contributed by atoms with van der Waals surface area (Å²) in [6.07, 6.45) is 1.07. The van der Waals surface area contributed by atoms with Crippen molar-refractivity contribution in [3.8, 4) is 0 Å². The van der Waals surface area contributed by atoms with E-state index in [-0.39, 0.29) is 0 Å². The van der Waals surface area contributed by atoms with Crippen molar-refractivity contribution < 1.29 is 0 Å². The lowest BCUT2D eigenvalue weighted by molar-refractivity contribution is 0.539. The van der Waals surface area contributed by atoms with Gasteiger partial charge in [-0.1, -0.05) is 37.0 Å². The van der Waals surface area contributed by atoms with Crippen LogP contribution in [0.4, 0.5) is 11.6 Å². The molecule has 0 aliphatic rings. The standard InChI is InChI=1S/C12H19Cl2N3/c1-7(2)5-8(3)16-12-10(14)6-9(13)11(15-4)17-12/h6-8H,5H2,1-4H3,(H2,15,16,17). The Morgan fingerprint density at radius 3 is 2.29 bits per heavy atom. The van der Waals surface area contributed by atoms with Crippen LogP contribution in [0.2, 0.25) is 10.0 Å². The average Bonchev–Trinajstić information content (AvgIpc) is 2.20. The maximum absolute atomic E-state index is 6.10. The summed E-state index contributed by atoms with van der Waals surface area (Å²) in [6, 6.07) is 2.03. The van der Waals surface area contributed by atoms with E-state index in [0.29, 0.717) is 33.6 Å². The Morgan fingerprint density at radius 1 is 1.18 bits per heavy atom. The van der Waals surface area contributed by atoms with Crippen LogP contribution in [0.15, 0.2) is 6.07 Å². The molecule has 0 radical (unpaired) electrons. The van der Waals surface area contributed by atoms with Crippen molar-refractivity contribution in [1.82, 2.24) is 4.98 Å². The number of nitrogens with one attached hydrogen (secondary N) is 2. The van der Waals surface area contributed by atoms with Crippen LogP contribution in [-0.2, 0) is 0 Å². The fourth-order valence-electron chi connectivity index (χ4n) is 1.74. The number of hydrogen-bond donors (Lipinski definition) is 2. The van der Waals surface area contributed by atoms with E-state index in [1.165, 1.54) is 0 Å². The van der Waals surface area contributed by atoms with Crippen molar-refractivity contribution in [2.75, 3.05) is 17.7 Å². The Balaban J connectivity index is 2.83. The number of pyridine rings is 1. The van der Waals surface area contributed by atoms with Crippen LogP contribution in [0.3, 0.4) is 0 Å². The molecular weight excluding hydrogens is 257 g/mol. The zero-order valence-electron chi connectivity index (χ0n) is 10.6. The van der Waals surface area contributed by atoms with Gasteiger partial charge in [-0.05, 0) is 25.3 Å². The molecular formula is C12H19Cl2N3. The van der Waals surface area contributed by atoms with E-state index in [4.69, 9.17) is 23.2 Å². The first-order valence-electron chi connectivity index (χ1n) is 5.74. The van der Waals surface area contributed by atoms with Gasteiger partial charge in [0.25, 0.3) is 0 Å². The molecule has 2 N–H and O–H groups in total. The maximum atomic E-state index is 6.10. The SMILES string of the molecule is CNc1nc(NC(C)CC(C)C)c(Cl)cc1Cl. The number of anilines is 2. The summed E-state index contributed by atoms with van der Waals surface area (Å²) in [6.45, 7) is 6.49. The van der Waals surface area contributed by atoms with Crippen molar-refractivity contribution in [2.24, 2.45) is 5.92 Å². The zero-order valence-corrected chi connectivity index (χ0v) is 12.2. The number of hydrogen-bond acceptors (Lipinski definition) is 3. The molecule has 3 nitrogen and oxygen atoms in total. The molecule has 1 aromatic rings. The number of halogens is 2. The molecule has 0 aromatic carbocycles. The van der Waals surface area contributed by atoms with E-state index in [1.807, 2.05) is 0 Å². The molecule has 1 aromatic heterocycles. The largest absolute Gasteiger partial charge is 0.372 e. The monoisotopic (exact) mass is 275 g/mol. The van der Waals surface area contributed by atoms with Gasteiger partial charge in [-0.3, -0.25) is 0 Å². The molecule has 17 heavy (non-hydrogen) atoms. The number of rotatable bonds is 5. The molecule has 0 aliphatic heterocycles. The molecule has 96 valence electrons. The van der Waals surface area contributed by atoms with Crippen LogP contribution >= 0.6 is 23.2 Å². The third-order valence-corrected chi connectivity index (χ3v) is 2.95. The van der Waals surface area contributed by atoms with Crippen LogP contribution in [0.5, 0.6) is 0 Å². The van der Waals surface area contributed by atoms with Gasteiger partial charge in [-0.25, -0.2) is 4.98 Å². The Kier molecular flexibility index (Phi) is 5.34. The van der Waals surface area contributed by atoms with Gasteiger partial charge in [-0.2, -0.15) is 0 Å². The maximum Gasteiger partial charge on any atom is 0.147 e. The van der Waals surface area contributed by atoms with E-state index in [2.05, 4.69) is 36.4 Å². The van der Waals surface area contributed by atoms with Crippen LogP contribution in [0, 0.1) is 5.92 Å². The van der Waals surface area contributed by atoms with Gasteiger partial charge in [0.1, 0.15) is 11.6 Å². The normalized spacial score (nSPS) is 12.6. The summed E-state index contributed by atoms with van der Waals surface area (Å²) in [5.41, 5.74) is 0. The van der Waals surface area contributed by atoms with Gasteiger partial charge in [0.05, 0.1) is 10.0 Å².